The fourth-order valence-electron chi connectivity index (χ4n) is 3.17. The van der Waals surface area contributed by atoms with Crippen molar-refractivity contribution >= 4 is 16.7 Å². The van der Waals surface area contributed by atoms with Gasteiger partial charge < -0.3 is 0 Å². The van der Waals surface area contributed by atoms with E-state index in [0.29, 0.717) is 5.78 Å². The van der Waals surface area contributed by atoms with Crippen molar-refractivity contribution in [3.05, 3.63) is 42.1 Å². The van der Waals surface area contributed by atoms with Crippen molar-refractivity contribution in [3.63, 3.8) is 0 Å². The summed E-state index contributed by atoms with van der Waals surface area (Å²) in [6.07, 6.45) is 10.2. The molecule has 0 atom stereocenters. The van der Waals surface area contributed by atoms with Gasteiger partial charge in [-0.2, -0.15) is 0 Å². The van der Waals surface area contributed by atoms with Gasteiger partial charge >= 0.3 is 0 Å². The molecule has 1 aromatic heterocycles. The first-order valence-electron chi connectivity index (χ1n) is 7.73. The molecule has 3 rings (SSSR count). The van der Waals surface area contributed by atoms with Crippen molar-refractivity contribution in [2.45, 2.75) is 44.9 Å². The molecular formula is C18H21NO. The molecule has 0 N–H and O–H groups in total. The molecule has 2 nitrogen and oxygen atoms in total. The van der Waals surface area contributed by atoms with Gasteiger partial charge in [-0.25, -0.2) is 0 Å². The zero-order valence-electron chi connectivity index (χ0n) is 11.8. The van der Waals surface area contributed by atoms with E-state index < -0.39 is 0 Å². The number of hydrogen-bond acceptors (Lipinski definition) is 2. The van der Waals surface area contributed by atoms with Crippen LogP contribution in [0.5, 0.6) is 0 Å². The Morgan fingerprint density at radius 3 is 2.55 bits per heavy atom. The summed E-state index contributed by atoms with van der Waals surface area (Å²) in [5.41, 5.74) is 1.76. The monoisotopic (exact) mass is 267 g/mol. The van der Waals surface area contributed by atoms with E-state index >= 15 is 0 Å². The first-order valence-corrected chi connectivity index (χ1v) is 7.73. The Balaban J connectivity index is 1.83. The lowest BCUT2D eigenvalue weighted by Crippen LogP contribution is -2.16. The highest BCUT2D eigenvalue weighted by Gasteiger charge is 2.20. The second-order valence-electron chi connectivity index (χ2n) is 5.82. The fraction of sp³-hybridized carbons (Fsp3) is 0.444. The molecule has 2 aromatic rings. The average molecular weight is 267 g/mol. The van der Waals surface area contributed by atoms with Gasteiger partial charge in [0.05, 0.1) is 5.52 Å². The average Bonchev–Trinajstić information content (AvgIpc) is 2.46. The zero-order valence-corrected chi connectivity index (χ0v) is 11.8. The molecule has 0 aliphatic heterocycles. The van der Waals surface area contributed by atoms with Crippen LogP contribution in [0.15, 0.2) is 36.5 Å². The molecule has 0 radical (unpaired) electrons. The topological polar surface area (TPSA) is 30.0 Å². The van der Waals surface area contributed by atoms with Crippen LogP contribution in [-0.2, 0) is 0 Å². The largest absolute Gasteiger partial charge is 0.294 e. The third-order valence-electron chi connectivity index (χ3n) is 4.37. The Hall–Kier alpha value is -1.70. The van der Waals surface area contributed by atoms with Crippen molar-refractivity contribution < 1.29 is 4.79 Å². The second-order valence-corrected chi connectivity index (χ2v) is 5.82. The molecule has 104 valence electrons. The predicted molar refractivity (Wildman–Crippen MR) is 81.9 cm³/mol. The third kappa shape index (κ3) is 2.90. The molecule has 20 heavy (non-hydrogen) atoms. The third-order valence-corrected chi connectivity index (χ3v) is 4.37. The van der Waals surface area contributed by atoms with Crippen LogP contribution < -0.4 is 0 Å². The molecule has 0 spiro atoms. The number of rotatable bonds is 2. The lowest BCUT2D eigenvalue weighted by molar-refractivity contribution is 0.0898. The lowest BCUT2D eigenvalue weighted by Gasteiger charge is -2.18. The molecule has 0 amide bonds. The van der Waals surface area contributed by atoms with E-state index in [1.54, 1.807) is 6.20 Å². The van der Waals surface area contributed by atoms with E-state index in [1.165, 1.54) is 32.1 Å². The summed E-state index contributed by atoms with van der Waals surface area (Å²) >= 11 is 0. The highest BCUT2D eigenvalue weighted by Crippen LogP contribution is 2.26. The Labute approximate surface area is 120 Å². The molecule has 1 aliphatic carbocycles. The number of fused-ring (bicyclic) bond motifs is 1. The van der Waals surface area contributed by atoms with E-state index in [2.05, 4.69) is 4.98 Å². The summed E-state index contributed by atoms with van der Waals surface area (Å²) in [6, 6.07) is 9.89. The van der Waals surface area contributed by atoms with Crippen molar-refractivity contribution in [2.75, 3.05) is 0 Å². The summed E-state index contributed by atoms with van der Waals surface area (Å²) in [7, 11) is 0. The maximum absolute atomic E-state index is 12.7. The van der Waals surface area contributed by atoms with E-state index in [4.69, 9.17) is 0 Å². The molecule has 0 saturated heterocycles. The van der Waals surface area contributed by atoms with Crippen LogP contribution in [0, 0.1) is 5.92 Å². The van der Waals surface area contributed by atoms with Crippen LogP contribution in [0.4, 0.5) is 0 Å². The van der Waals surface area contributed by atoms with Gasteiger partial charge in [-0.3, -0.25) is 9.78 Å². The molecule has 1 fully saturated rings. The number of carbonyl (C=O) groups is 1. The molecule has 0 unspecified atom stereocenters. The number of ketones is 1. The van der Waals surface area contributed by atoms with Gasteiger partial charge in [-0.15, -0.1) is 0 Å². The van der Waals surface area contributed by atoms with E-state index in [0.717, 1.165) is 29.3 Å². The summed E-state index contributed by atoms with van der Waals surface area (Å²) < 4.78 is 0. The van der Waals surface area contributed by atoms with E-state index in [9.17, 15) is 4.79 Å². The van der Waals surface area contributed by atoms with E-state index in [1.807, 2.05) is 30.3 Å². The number of hydrogen-bond donors (Lipinski definition) is 0. The van der Waals surface area contributed by atoms with Gasteiger partial charge in [0.25, 0.3) is 0 Å². The number of pyridine rings is 1. The highest BCUT2D eigenvalue weighted by molar-refractivity contribution is 6.00. The maximum atomic E-state index is 12.7. The van der Waals surface area contributed by atoms with Gasteiger partial charge in [0.1, 0.15) is 0 Å². The molecule has 1 aromatic carbocycles. The zero-order chi connectivity index (χ0) is 13.8. The van der Waals surface area contributed by atoms with Gasteiger partial charge in [-0.1, -0.05) is 50.3 Å². The SMILES string of the molecule is O=C(c1ccc2cccnc2c1)C1CCCCCCC1. The molecular weight excluding hydrogens is 246 g/mol. The first-order chi connectivity index (χ1) is 9.84. The lowest BCUT2D eigenvalue weighted by atomic mass is 9.85. The molecule has 1 heterocycles. The minimum absolute atomic E-state index is 0.219. The Morgan fingerprint density at radius 2 is 1.75 bits per heavy atom. The fourth-order valence-corrected chi connectivity index (χ4v) is 3.17. The number of Topliss-reactive ketones (excluding diaryl/α,β-unsaturated/α-hetero) is 1. The molecule has 1 aliphatic rings. The van der Waals surface area contributed by atoms with Gasteiger partial charge in [-0.05, 0) is 25.0 Å². The van der Waals surface area contributed by atoms with Gasteiger partial charge in [0, 0.05) is 23.1 Å². The number of nitrogens with zero attached hydrogens (tertiary/aromatic N) is 1. The smallest absolute Gasteiger partial charge is 0.166 e. The van der Waals surface area contributed by atoms with Crippen molar-refractivity contribution in [3.8, 4) is 0 Å². The first kappa shape index (κ1) is 13.3. The van der Waals surface area contributed by atoms with Crippen LogP contribution in [0.2, 0.25) is 0 Å². The van der Waals surface area contributed by atoms with Crippen molar-refractivity contribution in [1.82, 2.24) is 4.98 Å². The van der Waals surface area contributed by atoms with Crippen LogP contribution in [0.25, 0.3) is 10.9 Å². The quantitative estimate of drug-likeness (QED) is 0.733. The maximum Gasteiger partial charge on any atom is 0.166 e. The number of benzene rings is 1. The Bertz CT molecular complexity index is 597. The number of carbonyl (C=O) groups excluding carboxylic acids is 1. The second kappa shape index (κ2) is 6.17. The predicted octanol–water partition coefficient (Wildman–Crippen LogP) is 4.78. The molecule has 1 saturated carbocycles. The minimum atomic E-state index is 0.219. The normalized spacial score (nSPS) is 17.6. The standard InChI is InChI=1S/C18H21NO/c20-18(15-7-4-2-1-3-5-8-15)16-11-10-14-9-6-12-19-17(14)13-16/h6,9-13,15H,1-5,7-8H2. The summed E-state index contributed by atoms with van der Waals surface area (Å²) in [5.74, 6) is 0.538. The Kier molecular flexibility index (Phi) is 4.10. The minimum Gasteiger partial charge on any atom is -0.294 e. The van der Waals surface area contributed by atoms with Gasteiger partial charge in [0.15, 0.2) is 5.78 Å². The summed E-state index contributed by atoms with van der Waals surface area (Å²) in [4.78, 5) is 17.0. The Morgan fingerprint density at radius 1 is 1.00 bits per heavy atom. The van der Waals surface area contributed by atoms with Crippen molar-refractivity contribution in [2.24, 2.45) is 5.92 Å². The van der Waals surface area contributed by atoms with E-state index in [-0.39, 0.29) is 5.92 Å². The van der Waals surface area contributed by atoms with Gasteiger partial charge in [0.2, 0.25) is 0 Å². The molecule has 2 heteroatoms. The summed E-state index contributed by atoms with van der Waals surface area (Å²) in [5, 5.41) is 1.10. The number of aromatic nitrogens is 1. The van der Waals surface area contributed by atoms with Crippen molar-refractivity contribution in [1.29, 1.82) is 0 Å². The van der Waals surface area contributed by atoms with Crippen LogP contribution in [0.1, 0.15) is 55.3 Å². The highest BCUT2D eigenvalue weighted by atomic mass is 16.1. The molecule has 0 bridgehead atoms. The van der Waals surface area contributed by atoms with Crippen LogP contribution >= 0.6 is 0 Å². The summed E-state index contributed by atoms with van der Waals surface area (Å²) in [6.45, 7) is 0. The van der Waals surface area contributed by atoms with Crippen LogP contribution in [0.3, 0.4) is 0 Å². The van der Waals surface area contributed by atoms with Crippen LogP contribution in [-0.4, -0.2) is 10.8 Å².